The first-order valence-corrected chi connectivity index (χ1v) is 16.9. The van der Waals surface area contributed by atoms with Crippen LogP contribution in [0.2, 0.25) is 5.02 Å². The van der Waals surface area contributed by atoms with Gasteiger partial charge in [-0.3, -0.25) is 14.3 Å². The molecule has 0 amide bonds. The third kappa shape index (κ3) is 4.50. The highest BCUT2D eigenvalue weighted by molar-refractivity contribution is 7.23. The molecule has 4 aliphatic rings. The quantitative estimate of drug-likeness (QED) is 0.287. The van der Waals surface area contributed by atoms with Crippen molar-refractivity contribution in [3.05, 3.63) is 45.0 Å². The Kier molecular flexibility index (Phi) is 7.17. The summed E-state index contributed by atoms with van der Waals surface area (Å²) >= 11 is 8.10. The van der Waals surface area contributed by atoms with Gasteiger partial charge in [0, 0.05) is 30.5 Å². The number of thiophene rings is 1. The van der Waals surface area contributed by atoms with Crippen molar-refractivity contribution in [3.63, 3.8) is 0 Å². The number of alkyl halides is 1. The van der Waals surface area contributed by atoms with Crippen LogP contribution in [-0.4, -0.2) is 77.5 Å². The highest BCUT2D eigenvalue weighted by Gasteiger charge is 2.49. The monoisotopic (exact) mass is 666 g/mol. The number of piperidine rings is 1. The lowest BCUT2D eigenvalue weighted by Crippen LogP contribution is -2.45. The van der Waals surface area contributed by atoms with Crippen LogP contribution in [0, 0.1) is 23.1 Å². The second-order valence-electron chi connectivity index (χ2n) is 13.2. The number of nitriles is 1. The maximum absolute atomic E-state index is 14.9. The highest BCUT2D eigenvalue weighted by atomic mass is 35.5. The third-order valence-electron chi connectivity index (χ3n) is 10.4. The van der Waals surface area contributed by atoms with Crippen molar-refractivity contribution in [2.24, 2.45) is 5.92 Å². The van der Waals surface area contributed by atoms with Gasteiger partial charge in [-0.2, -0.15) is 5.26 Å². The molecule has 0 spiro atoms. The minimum atomic E-state index is -0.926. The second-order valence-corrected chi connectivity index (χ2v) is 14.6. The molecule has 240 valence electrons. The number of hydrogen-bond donors (Lipinski definition) is 1. The van der Waals surface area contributed by atoms with Crippen molar-refractivity contribution in [3.8, 4) is 28.8 Å². The third-order valence-corrected chi connectivity index (χ3v) is 11.8. The van der Waals surface area contributed by atoms with Gasteiger partial charge in [-0.1, -0.05) is 17.7 Å². The molecule has 4 aromatic rings. The minimum absolute atomic E-state index is 0.0481. The lowest BCUT2D eigenvalue weighted by Gasteiger charge is -2.38. The van der Waals surface area contributed by atoms with Crippen molar-refractivity contribution >= 4 is 49.1 Å². The van der Waals surface area contributed by atoms with Gasteiger partial charge in [-0.15, -0.1) is 11.3 Å². The van der Waals surface area contributed by atoms with Crippen LogP contribution in [0.25, 0.3) is 32.2 Å². The van der Waals surface area contributed by atoms with Crippen molar-refractivity contribution in [2.75, 3.05) is 52.2 Å². The molecule has 13 heteroatoms. The molecule has 0 saturated carbocycles. The van der Waals surface area contributed by atoms with Gasteiger partial charge in [0.1, 0.15) is 41.8 Å². The SMILES string of the molecule is CN1CCCC(C2COc3c(Cl)c(-c4ccc(F)c5sc(N)c(C#N)c45)cc4nc(OC[C@@]56CCCN5C[C@H](F)C6)c(=O)n2c34)C1. The van der Waals surface area contributed by atoms with E-state index in [4.69, 9.17) is 31.8 Å². The molecule has 2 aromatic heterocycles. The molecule has 0 bridgehead atoms. The Labute approximate surface area is 273 Å². The molecular formula is C33H33ClF2N6O3S. The van der Waals surface area contributed by atoms with Crippen molar-refractivity contribution in [2.45, 2.75) is 49.9 Å². The fraction of sp³-hybridized carbons (Fsp3) is 0.485. The fourth-order valence-corrected chi connectivity index (χ4v) is 9.57. The summed E-state index contributed by atoms with van der Waals surface area (Å²) in [5.74, 6) is -0.0806. The fourth-order valence-electron chi connectivity index (χ4n) is 8.32. The van der Waals surface area contributed by atoms with Crippen molar-refractivity contribution < 1.29 is 18.3 Å². The summed E-state index contributed by atoms with van der Waals surface area (Å²) in [4.78, 5) is 23.5. The molecule has 3 fully saturated rings. The zero-order valence-electron chi connectivity index (χ0n) is 25.3. The Morgan fingerprint density at radius 2 is 2.13 bits per heavy atom. The van der Waals surface area contributed by atoms with Gasteiger partial charge >= 0.3 is 5.56 Å². The number of nitrogens with two attached hydrogens (primary N) is 1. The average Bonchev–Trinajstić information content (AvgIpc) is 3.68. The number of anilines is 1. The summed E-state index contributed by atoms with van der Waals surface area (Å²) in [7, 11) is 2.08. The Balaban J connectivity index is 1.32. The number of aromatic nitrogens is 2. The summed E-state index contributed by atoms with van der Waals surface area (Å²) in [5.41, 5.74) is 7.36. The number of fused-ring (bicyclic) bond motifs is 2. The average molecular weight is 667 g/mol. The van der Waals surface area contributed by atoms with E-state index >= 15 is 0 Å². The molecule has 4 atom stereocenters. The first kappa shape index (κ1) is 29.9. The Morgan fingerprint density at radius 3 is 2.93 bits per heavy atom. The zero-order valence-corrected chi connectivity index (χ0v) is 26.9. The smallest absolute Gasteiger partial charge is 0.314 e. The van der Waals surface area contributed by atoms with Crippen LogP contribution in [0.15, 0.2) is 23.0 Å². The van der Waals surface area contributed by atoms with E-state index in [1.807, 2.05) is 0 Å². The van der Waals surface area contributed by atoms with Gasteiger partial charge in [-0.25, -0.2) is 13.8 Å². The van der Waals surface area contributed by atoms with Crippen molar-refractivity contribution in [1.29, 1.82) is 5.26 Å². The van der Waals surface area contributed by atoms with Gasteiger partial charge in [-0.05, 0) is 69.4 Å². The molecule has 3 saturated heterocycles. The highest BCUT2D eigenvalue weighted by Crippen LogP contribution is 2.49. The predicted molar refractivity (Wildman–Crippen MR) is 174 cm³/mol. The zero-order chi connectivity index (χ0) is 31.9. The summed E-state index contributed by atoms with van der Waals surface area (Å²) < 4.78 is 44.2. The number of nitrogens with zero attached hydrogens (tertiary/aromatic N) is 5. The molecule has 0 radical (unpaired) electrons. The number of nitrogen functional groups attached to an aromatic ring is 1. The number of halogens is 3. The lowest BCUT2D eigenvalue weighted by molar-refractivity contribution is 0.103. The molecule has 2 aromatic carbocycles. The number of benzene rings is 2. The van der Waals surface area contributed by atoms with Crippen LogP contribution >= 0.6 is 22.9 Å². The number of likely N-dealkylation sites (tertiary alicyclic amines) is 1. The Morgan fingerprint density at radius 1 is 1.28 bits per heavy atom. The topological polar surface area (TPSA) is 110 Å². The molecular weight excluding hydrogens is 634 g/mol. The van der Waals surface area contributed by atoms with Crippen LogP contribution in [0.1, 0.15) is 43.7 Å². The minimum Gasteiger partial charge on any atom is -0.488 e. The first-order valence-electron chi connectivity index (χ1n) is 15.7. The van der Waals surface area contributed by atoms with Crippen LogP contribution < -0.4 is 20.8 Å². The summed E-state index contributed by atoms with van der Waals surface area (Å²) in [6, 6.07) is 6.48. The Hall–Kier alpha value is -3.50. The van der Waals surface area contributed by atoms with Crippen LogP contribution in [0.3, 0.4) is 0 Å². The second kappa shape index (κ2) is 11.0. The van der Waals surface area contributed by atoms with Gasteiger partial charge in [0.25, 0.3) is 5.88 Å². The van der Waals surface area contributed by atoms with Gasteiger partial charge < -0.3 is 20.1 Å². The Bertz CT molecular complexity index is 2010. The van der Waals surface area contributed by atoms with E-state index in [2.05, 4.69) is 22.9 Å². The lowest BCUT2D eigenvalue weighted by atomic mass is 9.90. The first-order chi connectivity index (χ1) is 22.2. The molecule has 9 nitrogen and oxygen atoms in total. The van der Waals surface area contributed by atoms with Gasteiger partial charge in [0.15, 0.2) is 5.75 Å². The molecule has 2 N–H and O–H groups in total. The van der Waals surface area contributed by atoms with Crippen LogP contribution in [-0.2, 0) is 0 Å². The standard InChI is InChI=1S/C33H33ClF2N6O3S/c1-40-8-2-4-17(13-40)24-15-44-28-26(34)20(19-5-6-22(36)29-25(19)21(12-37)30(38)46-29)10-23-27(28)42(24)32(43)31(39-23)45-16-33-7-3-9-41(33)14-18(35)11-33/h5-6,10,17-18,24H,2-4,7-9,11,13-16,38H2,1H3/t17?,18-,24?,33+/m1/s1. The van der Waals surface area contributed by atoms with E-state index in [0.29, 0.717) is 46.3 Å². The molecule has 46 heavy (non-hydrogen) atoms. The van der Waals surface area contributed by atoms with E-state index in [-0.39, 0.29) is 56.9 Å². The molecule has 2 unspecified atom stereocenters. The molecule has 4 aliphatic heterocycles. The van der Waals surface area contributed by atoms with E-state index in [0.717, 1.165) is 56.7 Å². The number of rotatable bonds is 5. The summed E-state index contributed by atoms with van der Waals surface area (Å²) in [6.07, 6.45) is 3.14. The number of ether oxygens (including phenoxy) is 2. The largest absolute Gasteiger partial charge is 0.488 e. The van der Waals surface area contributed by atoms with Gasteiger partial charge in [0.2, 0.25) is 0 Å². The summed E-state index contributed by atoms with van der Waals surface area (Å²) in [5, 5.41) is 10.7. The molecule has 6 heterocycles. The van der Waals surface area contributed by atoms with E-state index in [1.54, 1.807) is 16.7 Å². The van der Waals surface area contributed by atoms with Crippen LogP contribution in [0.5, 0.6) is 11.6 Å². The van der Waals surface area contributed by atoms with Crippen molar-refractivity contribution in [1.82, 2.24) is 19.4 Å². The summed E-state index contributed by atoms with van der Waals surface area (Å²) in [6.45, 7) is 3.37. The maximum atomic E-state index is 14.9. The van der Waals surface area contributed by atoms with Crippen LogP contribution in [0.4, 0.5) is 13.8 Å². The molecule has 8 rings (SSSR count). The van der Waals surface area contributed by atoms with E-state index in [9.17, 15) is 18.8 Å². The van der Waals surface area contributed by atoms with Gasteiger partial charge in [0.05, 0.1) is 32.4 Å². The van der Waals surface area contributed by atoms with E-state index < -0.39 is 17.5 Å². The predicted octanol–water partition coefficient (Wildman–Crippen LogP) is 5.76. The number of hydrogen-bond acceptors (Lipinski definition) is 9. The normalized spacial score (nSPS) is 26.4. The maximum Gasteiger partial charge on any atom is 0.314 e. The molecule has 0 aliphatic carbocycles. The van der Waals surface area contributed by atoms with E-state index in [1.165, 1.54) is 6.07 Å².